The number of nitrogens with one attached hydrogen (secondary N) is 1. The molecule has 0 heterocycles. The molecule has 0 spiro atoms. The van der Waals surface area contributed by atoms with Gasteiger partial charge in [0.2, 0.25) is 0 Å². The minimum absolute atomic E-state index is 0.222. The van der Waals surface area contributed by atoms with E-state index in [1.54, 1.807) is 6.92 Å². The van der Waals surface area contributed by atoms with Gasteiger partial charge in [0.15, 0.2) is 0 Å². The SMILES string of the molecule is CCC(=O)O.CCCNCCO. The monoisotopic (exact) mass is 177 g/mol. The molecule has 12 heavy (non-hydrogen) atoms. The zero-order valence-electron chi connectivity index (χ0n) is 7.84. The normalized spacial score (nSPS) is 8.58. The van der Waals surface area contributed by atoms with E-state index in [-0.39, 0.29) is 13.0 Å². The van der Waals surface area contributed by atoms with Gasteiger partial charge in [0.05, 0.1) is 6.61 Å². The molecule has 0 atom stereocenters. The Balaban J connectivity index is 0. The number of carboxylic acids is 1. The third-order valence-corrected chi connectivity index (χ3v) is 1.02. The van der Waals surface area contributed by atoms with Crippen LogP contribution in [0, 0.1) is 0 Å². The maximum absolute atomic E-state index is 9.37. The van der Waals surface area contributed by atoms with Gasteiger partial charge in [-0.2, -0.15) is 0 Å². The summed E-state index contributed by atoms with van der Waals surface area (Å²) in [5.41, 5.74) is 0. The first-order valence-corrected chi connectivity index (χ1v) is 4.22. The van der Waals surface area contributed by atoms with E-state index in [1.165, 1.54) is 0 Å². The Labute approximate surface area is 73.6 Å². The average molecular weight is 177 g/mol. The number of aliphatic hydroxyl groups excluding tert-OH is 1. The highest BCUT2D eigenvalue weighted by molar-refractivity contribution is 5.66. The lowest BCUT2D eigenvalue weighted by atomic mass is 10.5. The maximum Gasteiger partial charge on any atom is 0.303 e. The van der Waals surface area contributed by atoms with Gasteiger partial charge in [0, 0.05) is 13.0 Å². The molecule has 0 rings (SSSR count). The van der Waals surface area contributed by atoms with Crippen LogP contribution in [0.25, 0.3) is 0 Å². The Morgan fingerprint density at radius 1 is 1.33 bits per heavy atom. The van der Waals surface area contributed by atoms with E-state index in [0.717, 1.165) is 19.5 Å². The van der Waals surface area contributed by atoms with Crippen LogP contribution in [0.15, 0.2) is 0 Å². The van der Waals surface area contributed by atoms with Crippen LogP contribution in [-0.2, 0) is 4.79 Å². The summed E-state index contributed by atoms with van der Waals surface area (Å²) in [6.07, 6.45) is 1.36. The van der Waals surface area contributed by atoms with Gasteiger partial charge in [-0.05, 0) is 13.0 Å². The second kappa shape index (κ2) is 13.0. The second-order valence-electron chi connectivity index (χ2n) is 2.22. The van der Waals surface area contributed by atoms with Crippen molar-refractivity contribution >= 4 is 5.97 Å². The third kappa shape index (κ3) is 22.8. The van der Waals surface area contributed by atoms with Crippen LogP contribution in [0.1, 0.15) is 26.7 Å². The van der Waals surface area contributed by atoms with Gasteiger partial charge in [0.1, 0.15) is 0 Å². The largest absolute Gasteiger partial charge is 0.481 e. The zero-order valence-corrected chi connectivity index (χ0v) is 7.84. The first kappa shape index (κ1) is 13.9. The van der Waals surface area contributed by atoms with Crippen LogP contribution in [0.3, 0.4) is 0 Å². The standard InChI is InChI=1S/C5H13NO.C3H6O2/c1-2-3-6-4-5-7;1-2-3(4)5/h6-7H,2-5H2,1H3;2H2,1H3,(H,4,5). The summed E-state index contributed by atoms with van der Waals surface area (Å²) in [5.74, 6) is -0.745. The van der Waals surface area contributed by atoms with Gasteiger partial charge in [-0.25, -0.2) is 0 Å². The zero-order chi connectivity index (χ0) is 9.82. The number of carbonyl (C=O) groups is 1. The van der Waals surface area contributed by atoms with E-state index in [2.05, 4.69) is 12.2 Å². The number of rotatable bonds is 5. The lowest BCUT2D eigenvalue weighted by Crippen LogP contribution is -2.18. The summed E-state index contributed by atoms with van der Waals surface area (Å²) in [6.45, 7) is 5.70. The van der Waals surface area contributed by atoms with E-state index < -0.39 is 5.97 Å². The molecule has 0 fully saturated rings. The molecule has 0 aliphatic rings. The minimum Gasteiger partial charge on any atom is -0.481 e. The molecule has 0 saturated carbocycles. The molecule has 4 heteroatoms. The highest BCUT2D eigenvalue weighted by atomic mass is 16.4. The highest BCUT2D eigenvalue weighted by Crippen LogP contribution is 1.67. The van der Waals surface area contributed by atoms with Crippen molar-refractivity contribution in [3.8, 4) is 0 Å². The number of carboxylic acid groups (broad SMARTS) is 1. The number of aliphatic hydroxyl groups is 1. The Hall–Kier alpha value is -0.610. The fourth-order valence-electron chi connectivity index (χ4n) is 0.381. The lowest BCUT2D eigenvalue weighted by molar-refractivity contribution is -0.136. The van der Waals surface area contributed by atoms with Crippen molar-refractivity contribution in [3.63, 3.8) is 0 Å². The smallest absolute Gasteiger partial charge is 0.303 e. The Morgan fingerprint density at radius 3 is 2.08 bits per heavy atom. The van der Waals surface area contributed by atoms with Crippen molar-refractivity contribution in [2.45, 2.75) is 26.7 Å². The van der Waals surface area contributed by atoms with Crippen molar-refractivity contribution < 1.29 is 15.0 Å². The fourth-order valence-corrected chi connectivity index (χ4v) is 0.381. The van der Waals surface area contributed by atoms with Crippen molar-refractivity contribution in [2.75, 3.05) is 19.7 Å². The van der Waals surface area contributed by atoms with Crippen molar-refractivity contribution in [2.24, 2.45) is 0 Å². The summed E-state index contributed by atoms with van der Waals surface area (Å²) in [5, 5.41) is 19.0. The summed E-state index contributed by atoms with van der Waals surface area (Å²) in [7, 11) is 0. The second-order valence-corrected chi connectivity index (χ2v) is 2.22. The van der Waals surface area contributed by atoms with E-state index in [9.17, 15) is 4.79 Å². The number of hydrogen-bond donors (Lipinski definition) is 3. The van der Waals surface area contributed by atoms with Crippen LogP contribution >= 0.6 is 0 Å². The van der Waals surface area contributed by atoms with Crippen LogP contribution in [0.5, 0.6) is 0 Å². The summed E-state index contributed by atoms with van der Waals surface area (Å²) in [6, 6.07) is 0. The molecule has 0 aromatic rings. The third-order valence-electron chi connectivity index (χ3n) is 1.02. The molecule has 3 N–H and O–H groups in total. The lowest BCUT2D eigenvalue weighted by Gasteiger charge is -1.95. The Morgan fingerprint density at radius 2 is 1.83 bits per heavy atom. The molecule has 0 aromatic carbocycles. The van der Waals surface area contributed by atoms with Gasteiger partial charge >= 0.3 is 5.97 Å². The number of aliphatic carboxylic acids is 1. The molecule has 0 aliphatic carbocycles. The molecule has 4 nitrogen and oxygen atoms in total. The van der Waals surface area contributed by atoms with Gasteiger partial charge in [0.25, 0.3) is 0 Å². The summed E-state index contributed by atoms with van der Waals surface area (Å²) >= 11 is 0. The van der Waals surface area contributed by atoms with E-state index in [4.69, 9.17) is 10.2 Å². The molecule has 0 radical (unpaired) electrons. The maximum atomic E-state index is 9.37. The molecular formula is C8H19NO3. The van der Waals surface area contributed by atoms with E-state index in [1.807, 2.05) is 0 Å². The fraction of sp³-hybridized carbons (Fsp3) is 0.875. The molecule has 0 amide bonds. The molecule has 0 aromatic heterocycles. The van der Waals surface area contributed by atoms with Gasteiger partial charge in [-0.15, -0.1) is 0 Å². The van der Waals surface area contributed by atoms with Crippen molar-refractivity contribution in [3.05, 3.63) is 0 Å². The van der Waals surface area contributed by atoms with Gasteiger partial charge < -0.3 is 15.5 Å². The molecule has 0 bridgehead atoms. The van der Waals surface area contributed by atoms with E-state index >= 15 is 0 Å². The van der Waals surface area contributed by atoms with Crippen molar-refractivity contribution in [1.82, 2.24) is 5.32 Å². The average Bonchev–Trinajstić information content (AvgIpc) is 2.07. The van der Waals surface area contributed by atoms with Crippen LogP contribution < -0.4 is 5.32 Å². The van der Waals surface area contributed by atoms with Crippen LogP contribution in [0.4, 0.5) is 0 Å². The predicted octanol–water partition coefficient (Wildman–Crippen LogP) is 0.459. The highest BCUT2D eigenvalue weighted by Gasteiger charge is 1.80. The Kier molecular flexibility index (Phi) is 15.1. The first-order chi connectivity index (χ1) is 5.68. The Bertz CT molecular complexity index is 92.3. The molecule has 0 unspecified atom stereocenters. The molecular weight excluding hydrogens is 158 g/mol. The quantitative estimate of drug-likeness (QED) is 0.534. The predicted molar refractivity (Wildman–Crippen MR) is 48.2 cm³/mol. The van der Waals surface area contributed by atoms with E-state index in [0.29, 0.717) is 0 Å². The van der Waals surface area contributed by atoms with Crippen LogP contribution in [0.2, 0.25) is 0 Å². The molecule has 74 valence electrons. The van der Waals surface area contributed by atoms with Crippen LogP contribution in [-0.4, -0.2) is 35.9 Å². The topological polar surface area (TPSA) is 69.6 Å². The van der Waals surface area contributed by atoms with Crippen molar-refractivity contribution in [1.29, 1.82) is 0 Å². The molecule has 0 saturated heterocycles. The first-order valence-electron chi connectivity index (χ1n) is 4.22. The summed E-state index contributed by atoms with van der Waals surface area (Å²) in [4.78, 5) is 9.37. The van der Waals surface area contributed by atoms with Gasteiger partial charge in [-0.1, -0.05) is 13.8 Å². The van der Waals surface area contributed by atoms with Gasteiger partial charge in [-0.3, -0.25) is 4.79 Å². The minimum atomic E-state index is -0.745. The molecule has 0 aliphatic heterocycles. The number of hydrogen-bond acceptors (Lipinski definition) is 3. The summed E-state index contributed by atoms with van der Waals surface area (Å²) < 4.78 is 0.